The standard InChI is InChI=1S/C25H27Cl2FN2O5S/c1-24(2)10-15-11-25(3,13-24)14-30(15)22(31)12-35-23(32)16-8-21(18(27)9-17(16)26)36(33,34)29-20-7-5-4-6-19(20)28/h4-9,15,29H,10-14H2,1-3H3. The minimum atomic E-state index is -4.37. The molecule has 2 fully saturated rings. The van der Waals surface area contributed by atoms with Crippen molar-refractivity contribution in [2.45, 2.75) is 51.0 Å². The predicted octanol–water partition coefficient (Wildman–Crippen LogP) is 5.52. The maximum absolute atomic E-state index is 14.0. The average Bonchev–Trinajstić information content (AvgIpc) is 3.01. The van der Waals surface area contributed by atoms with Gasteiger partial charge in [0.1, 0.15) is 10.7 Å². The molecule has 1 aliphatic heterocycles. The predicted molar refractivity (Wildman–Crippen MR) is 135 cm³/mol. The van der Waals surface area contributed by atoms with Crippen LogP contribution in [0.25, 0.3) is 0 Å². The Morgan fingerprint density at radius 2 is 1.83 bits per heavy atom. The second-order valence-electron chi connectivity index (χ2n) is 10.7. The number of rotatable bonds is 6. The van der Waals surface area contributed by atoms with Gasteiger partial charge in [0.2, 0.25) is 0 Å². The van der Waals surface area contributed by atoms with Gasteiger partial charge in [0.25, 0.3) is 15.9 Å². The topological polar surface area (TPSA) is 92.8 Å². The van der Waals surface area contributed by atoms with Crippen LogP contribution in [0.2, 0.25) is 10.0 Å². The lowest BCUT2D eigenvalue weighted by atomic mass is 9.65. The Morgan fingerprint density at radius 3 is 2.53 bits per heavy atom. The summed E-state index contributed by atoms with van der Waals surface area (Å²) in [7, 11) is -4.37. The van der Waals surface area contributed by atoms with Crippen LogP contribution in [0.5, 0.6) is 0 Å². The molecule has 11 heteroatoms. The van der Waals surface area contributed by atoms with Crippen LogP contribution in [0.1, 0.15) is 50.4 Å². The first-order valence-corrected chi connectivity index (χ1v) is 13.7. The molecule has 2 bridgehead atoms. The van der Waals surface area contributed by atoms with Crippen molar-refractivity contribution in [1.82, 2.24) is 4.90 Å². The molecule has 2 atom stereocenters. The van der Waals surface area contributed by atoms with E-state index in [-0.39, 0.29) is 44.1 Å². The number of nitrogens with one attached hydrogen (secondary N) is 1. The van der Waals surface area contributed by atoms with Gasteiger partial charge in [-0.3, -0.25) is 9.52 Å². The molecule has 1 amide bonds. The highest BCUT2D eigenvalue weighted by Crippen LogP contribution is 2.52. The van der Waals surface area contributed by atoms with Gasteiger partial charge in [-0.25, -0.2) is 17.6 Å². The molecule has 2 aromatic rings. The Bertz CT molecular complexity index is 1330. The molecule has 2 aliphatic rings. The van der Waals surface area contributed by atoms with E-state index >= 15 is 0 Å². The van der Waals surface area contributed by atoms with Crippen molar-refractivity contribution in [2.24, 2.45) is 10.8 Å². The third-order valence-corrected chi connectivity index (χ3v) is 8.85. The van der Waals surface area contributed by atoms with Gasteiger partial charge in [-0.15, -0.1) is 0 Å². The summed E-state index contributed by atoms with van der Waals surface area (Å²) in [5, 5.41) is -0.412. The average molecular weight is 557 g/mol. The zero-order valence-corrected chi connectivity index (χ0v) is 22.4. The summed E-state index contributed by atoms with van der Waals surface area (Å²) in [6.45, 7) is 6.66. The van der Waals surface area contributed by atoms with E-state index in [1.54, 1.807) is 4.90 Å². The lowest BCUT2D eigenvalue weighted by molar-refractivity contribution is -0.135. The van der Waals surface area contributed by atoms with Crippen molar-refractivity contribution in [3.8, 4) is 0 Å². The number of sulfonamides is 1. The molecular weight excluding hydrogens is 530 g/mol. The van der Waals surface area contributed by atoms with Crippen LogP contribution in [-0.2, 0) is 19.6 Å². The molecule has 0 spiro atoms. The van der Waals surface area contributed by atoms with Crippen LogP contribution in [0.3, 0.4) is 0 Å². The molecule has 0 aromatic heterocycles. The maximum atomic E-state index is 14.0. The lowest BCUT2D eigenvalue weighted by Crippen LogP contribution is -2.39. The first-order chi connectivity index (χ1) is 16.7. The Morgan fingerprint density at radius 1 is 1.14 bits per heavy atom. The fourth-order valence-corrected chi connectivity index (χ4v) is 7.59. The van der Waals surface area contributed by atoms with E-state index in [1.165, 1.54) is 18.2 Å². The lowest BCUT2D eigenvalue weighted by Gasteiger charge is -2.39. The molecule has 1 aliphatic carbocycles. The summed E-state index contributed by atoms with van der Waals surface area (Å²) >= 11 is 12.2. The highest BCUT2D eigenvalue weighted by atomic mass is 35.5. The van der Waals surface area contributed by atoms with Crippen LogP contribution in [0.15, 0.2) is 41.3 Å². The third-order valence-electron chi connectivity index (χ3n) is 6.71. The van der Waals surface area contributed by atoms with E-state index in [0.29, 0.717) is 6.54 Å². The molecule has 1 saturated heterocycles. The number of hydrogen-bond acceptors (Lipinski definition) is 5. The van der Waals surface area contributed by atoms with E-state index in [2.05, 4.69) is 25.5 Å². The van der Waals surface area contributed by atoms with Crippen LogP contribution in [0, 0.1) is 16.6 Å². The highest BCUT2D eigenvalue weighted by Gasteiger charge is 2.51. The SMILES string of the molecule is CC1(C)CC2CC(C)(CN2C(=O)COC(=O)c2cc(S(=O)(=O)Nc3ccccc3F)c(Cl)cc2Cl)C1. The zero-order chi connectivity index (χ0) is 26.5. The van der Waals surface area contributed by atoms with Gasteiger partial charge in [-0.2, -0.15) is 0 Å². The van der Waals surface area contributed by atoms with E-state index in [1.807, 2.05) is 0 Å². The number of nitrogens with zero attached hydrogens (tertiary/aromatic N) is 1. The van der Waals surface area contributed by atoms with Gasteiger partial charge in [-0.05, 0) is 54.4 Å². The van der Waals surface area contributed by atoms with Crippen molar-refractivity contribution in [1.29, 1.82) is 0 Å². The summed E-state index contributed by atoms with van der Waals surface area (Å²) < 4.78 is 47.0. The molecule has 1 heterocycles. The molecule has 194 valence electrons. The number of carbonyl (C=O) groups is 2. The van der Waals surface area contributed by atoms with E-state index in [0.717, 1.165) is 37.5 Å². The minimum absolute atomic E-state index is 0.0278. The number of ether oxygens (including phenoxy) is 1. The molecule has 36 heavy (non-hydrogen) atoms. The van der Waals surface area contributed by atoms with Gasteiger partial charge in [0.15, 0.2) is 6.61 Å². The van der Waals surface area contributed by atoms with Crippen molar-refractivity contribution in [2.75, 3.05) is 17.9 Å². The smallest absolute Gasteiger partial charge is 0.340 e. The Balaban J connectivity index is 1.49. The summed E-state index contributed by atoms with van der Waals surface area (Å²) in [6, 6.07) is 7.33. The largest absolute Gasteiger partial charge is 0.452 e. The first kappa shape index (κ1) is 26.7. The molecular formula is C25H27Cl2FN2O5S. The number of esters is 1. The normalized spacial score (nSPS) is 22.8. The second kappa shape index (κ2) is 9.50. The van der Waals surface area contributed by atoms with Crippen molar-refractivity contribution in [3.05, 3.63) is 57.8 Å². The molecule has 4 rings (SSSR count). The summed E-state index contributed by atoms with van der Waals surface area (Å²) in [4.78, 5) is 27.0. The van der Waals surface area contributed by atoms with Crippen molar-refractivity contribution in [3.63, 3.8) is 0 Å². The Kier molecular flexibility index (Phi) is 7.05. The van der Waals surface area contributed by atoms with E-state index in [9.17, 15) is 22.4 Å². The Labute approximate surface area is 220 Å². The number of anilines is 1. The van der Waals surface area contributed by atoms with Crippen molar-refractivity contribution >= 4 is 50.8 Å². The van der Waals surface area contributed by atoms with Crippen LogP contribution in [0.4, 0.5) is 10.1 Å². The van der Waals surface area contributed by atoms with Gasteiger partial charge in [-0.1, -0.05) is 56.1 Å². The molecule has 1 N–H and O–H groups in total. The number of benzene rings is 2. The van der Waals surface area contributed by atoms with Crippen LogP contribution >= 0.6 is 23.2 Å². The van der Waals surface area contributed by atoms with Gasteiger partial charge >= 0.3 is 5.97 Å². The van der Waals surface area contributed by atoms with Crippen LogP contribution in [-0.4, -0.2) is 44.4 Å². The number of fused-ring (bicyclic) bond motifs is 2. The number of amides is 1. The summed E-state index contributed by atoms with van der Waals surface area (Å²) in [6.07, 6.45) is 2.80. The third kappa shape index (κ3) is 5.48. The maximum Gasteiger partial charge on any atom is 0.340 e. The van der Waals surface area contributed by atoms with Gasteiger partial charge < -0.3 is 9.64 Å². The fraction of sp³-hybridized carbons (Fsp3) is 0.440. The van der Waals surface area contributed by atoms with Gasteiger partial charge in [0.05, 0.1) is 21.3 Å². The molecule has 0 radical (unpaired) electrons. The number of para-hydroxylation sites is 1. The fourth-order valence-electron chi connectivity index (χ4n) is 5.67. The number of carbonyl (C=O) groups excluding carboxylic acids is 2. The van der Waals surface area contributed by atoms with E-state index in [4.69, 9.17) is 27.9 Å². The van der Waals surface area contributed by atoms with Crippen LogP contribution < -0.4 is 4.72 Å². The number of halogens is 3. The summed E-state index contributed by atoms with van der Waals surface area (Å²) in [5.74, 6) is -2.07. The van der Waals surface area contributed by atoms with Crippen molar-refractivity contribution < 1.29 is 27.1 Å². The highest BCUT2D eigenvalue weighted by molar-refractivity contribution is 7.92. The summed E-state index contributed by atoms with van der Waals surface area (Å²) in [5.41, 5.74) is -0.416. The van der Waals surface area contributed by atoms with E-state index < -0.39 is 33.3 Å². The number of likely N-dealkylation sites (tertiary alicyclic amines) is 1. The van der Waals surface area contributed by atoms with Gasteiger partial charge in [0, 0.05) is 12.6 Å². The monoisotopic (exact) mass is 556 g/mol. The Hall–Kier alpha value is -2.36. The molecule has 2 unspecified atom stereocenters. The number of hydrogen-bond donors (Lipinski definition) is 1. The molecule has 7 nitrogen and oxygen atoms in total. The molecule has 1 saturated carbocycles. The minimum Gasteiger partial charge on any atom is -0.452 e. The quantitative estimate of drug-likeness (QED) is 0.473. The second-order valence-corrected chi connectivity index (χ2v) is 13.1. The first-order valence-electron chi connectivity index (χ1n) is 11.4. The zero-order valence-electron chi connectivity index (χ0n) is 20.1. The molecule has 2 aromatic carbocycles.